The van der Waals surface area contributed by atoms with Gasteiger partial charge in [0.1, 0.15) is 0 Å². The minimum Gasteiger partial charge on any atom is -0.396 e. The van der Waals surface area contributed by atoms with Crippen LogP contribution in [0, 0.1) is 0 Å². The summed E-state index contributed by atoms with van der Waals surface area (Å²) in [5.74, 6) is -0.0970. The Balaban J connectivity index is 1.93. The molecule has 0 saturated carbocycles. The van der Waals surface area contributed by atoms with Gasteiger partial charge in [-0.25, -0.2) is 4.52 Å². The van der Waals surface area contributed by atoms with Gasteiger partial charge < -0.3 is 10.4 Å². The molecule has 0 aromatic carbocycles. The Kier molecular flexibility index (Phi) is 4.30. The fraction of sp³-hybridized carbons (Fsp3) is 0.385. The Labute approximate surface area is 105 Å². The molecule has 0 bridgehead atoms. The first-order valence-electron chi connectivity index (χ1n) is 6.14. The zero-order chi connectivity index (χ0) is 12.8. The van der Waals surface area contributed by atoms with Crippen LogP contribution >= 0.6 is 0 Å². The lowest BCUT2D eigenvalue weighted by atomic mass is 10.2. The van der Waals surface area contributed by atoms with Crippen molar-refractivity contribution in [1.82, 2.24) is 14.9 Å². The van der Waals surface area contributed by atoms with Crippen LogP contribution < -0.4 is 5.32 Å². The van der Waals surface area contributed by atoms with Gasteiger partial charge in [-0.2, -0.15) is 5.10 Å². The van der Waals surface area contributed by atoms with E-state index in [1.165, 1.54) is 0 Å². The van der Waals surface area contributed by atoms with Crippen molar-refractivity contribution in [2.24, 2.45) is 0 Å². The monoisotopic (exact) mass is 247 g/mol. The highest BCUT2D eigenvalue weighted by Crippen LogP contribution is 2.09. The van der Waals surface area contributed by atoms with E-state index in [9.17, 15) is 4.79 Å². The zero-order valence-corrected chi connectivity index (χ0v) is 10.2. The van der Waals surface area contributed by atoms with E-state index in [4.69, 9.17) is 5.11 Å². The van der Waals surface area contributed by atoms with Crippen LogP contribution in [-0.4, -0.2) is 33.8 Å². The minimum atomic E-state index is -0.0970. The first kappa shape index (κ1) is 12.6. The first-order valence-corrected chi connectivity index (χ1v) is 6.14. The third-order valence-corrected chi connectivity index (χ3v) is 2.79. The van der Waals surface area contributed by atoms with Gasteiger partial charge in [-0.05, 0) is 31.4 Å². The van der Waals surface area contributed by atoms with Gasteiger partial charge in [-0.1, -0.05) is 6.07 Å². The Morgan fingerprint density at radius 2 is 2.22 bits per heavy atom. The van der Waals surface area contributed by atoms with Gasteiger partial charge in [0.25, 0.3) is 5.91 Å². The molecule has 2 N–H and O–H groups in total. The maximum atomic E-state index is 11.9. The molecule has 0 fully saturated rings. The predicted octanol–water partition coefficient (Wildman–Crippen LogP) is 1.23. The number of carbonyl (C=O) groups excluding carboxylic acids is 1. The summed E-state index contributed by atoms with van der Waals surface area (Å²) in [5.41, 5.74) is 1.41. The van der Waals surface area contributed by atoms with E-state index in [1.54, 1.807) is 10.7 Å². The third kappa shape index (κ3) is 2.87. The van der Waals surface area contributed by atoms with E-state index in [0.717, 1.165) is 24.8 Å². The Morgan fingerprint density at radius 3 is 3.06 bits per heavy atom. The molecule has 1 amide bonds. The summed E-state index contributed by atoms with van der Waals surface area (Å²) in [6.07, 6.45) is 5.98. The van der Waals surface area contributed by atoms with Crippen molar-refractivity contribution < 1.29 is 9.90 Å². The second-order valence-corrected chi connectivity index (χ2v) is 4.13. The molecule has 2 aromatic rings. The van der Waals surface area contributed by atoms with Crippen molar-refractivity contribution in [2.75, 3.05) is 13.2 Å². The third-order valence-electron chi connectivity index (χ3n) is 2.79. The number of amides is 1. The molecule has 18 heavy (non-hydrogen) atoms. The lowest BCUT2D eigenvalue weighted by Crippen LogP contribution is -2.24. The molecule has 2 rings (SSSR count). The van der Waals surface area contributed by atoms with E-state index >= 15 is 0 Å². The number of hydrogen-bond acceptors (Lipinski definition) is 3. The van der Waals surface area contributed by atoms with E-state index in [0.29, 0.717) is 12.1 Å². The number of pyridine rings is 1. The summed E-state index contributed by atoms with van der Waals surface area (Å²) in [6, 6.07) is 5.62. The SMILES string of the molecule is O=C(NCCCCCO)c1cnn2ccccc12. The van der Waals surface area contributed by atoms with Crippen molar-refractivity contribution in [3.63, 3.8) is 0 Å². The van der Waals surface area contributed by atoms with Gasteiger partial charge in [0, 0.05) is 19.3 Å². The van der Waals surface area contributed by atoms with Crippen LogP contribution in [0.1, 0.15) is 29.6 Å². The highest BCUT2D eigenvalue weighted by Gasteiger charge is 2.10. The van der Waals surface area contributed by atoms with E-state index < -0.39 is 0 Å². The minimum absolute atomic E-state index is 0.0970. The van der Waals surface area contributed by atoms with E-state index in [2.05, 4.69) is 10.4 Å². The maximum absolute atomic E-state index is 11.9. The van der Waals surface area contributed by atoms with Gasteiger partial charge in [0.05, 0.1) is 17.3 Å². The number of rotatable bonds is 6. The molecule has 0 aliphatic rings. The number of fused-ring (bicyclic) bond motifs is 1. The second kappa shape index (κ2) is 6.16. The van der Waals surface area contributed by atoms with Crippen LogP contribution in [0.4, 0.5) is 0 Å². The van der Waals surface area contributed by atoms with Crippen LogP contribution in [0.25, 0.3) is 5.52 Å². The lowest BCUT2D eigenvalue weighted by Gasteiger charge is -2.03. The molecular weight excluding hydrogens is 230 g/mol. The molecule has 0 spiro atoms. The first-order chi connectivity index (χ1) is 8.83. The summed E-state index contributed by atoms with van der Waals surface area (Å²) in [5, 5.41) is 15.6. The van der Waals surface area contributed by atoms with Gasteiger partial charge >= 0.3 is 0 Å². The Bertz CT molecular complexity index is 522. The highest BCUT2D eigenvalue weighted by atomic mass is 16.2. The number of carbonyl (C=O) groups is 1. The molecule has 0 aliphatic carbocycles. The fourth-order valence-corrected chi connectivity index (χ4v) is 1.82. The maximum Gasteiger partial charge on any atom is 0.255 e. The van der Waals surface area contributed by atoms with E-state index in [-0.39, 0.29) is 12.5 Å². The topological polar surface area (TPSA) is 66.6 Å². The highest BCUT2D eigenvalue weighted by molar-refractivity contribution is 6.00. The Morgan fingerprint density at radius 1 is 1.33 bits per heavy atom. The molecule has 0 unspecified atom stereocenters. The van der Waals surface area contributed by atoms with Crippen molar-refractivity contribution in [3.05, 3.63) is 36.2 Å². The van der Waals surface area contributed by atoms with Crippen molar-refractivity contribution >= 4 is 11.4 Å². The molecule has 0 saturated heterocycles. The summed E-state index contributed by atoms with van der Waals surface area (Å²) >= 11 is 0. The number of aromatic nitrogens is 2. The van der Waals surface area contributed by atoms with Gasteiger partial charge in [0.2, 0.25) is 0 Å². The molecular formula is C13H17N3O2. The van der Waals surface area contributed by atoms with Crippen LogP contribution in [-0.2, 0) is 0 Å². The average molecular weight is 247 g/mol. The molecule has 0 atom stereocenters. The summed E-state index contributed by atoms with van der Waals surface area (Å²) in [7, 11) is 0. The van der Waals surface area contributed by atoms with Gasteiger partial charge in [0.15, 0.2) is 0 Å². The molecule has 5 heteroatoms. The van der Waals surface area contributed by atoms with Gasteiger partial charge in [-0.15, -0.1) is 0 Å². The molecule has 0 aliphatic heterocycles. The summed E-state index contributed by atoms with van der Waals surface area (Å²) in [6.45, 7) is 0.838. The molecule has 2 heterocycles. The zero-order valence-electron chi connectivity index (χ0n) is 10.2. The van der Waals surface area contributed by atoms with Crippen molar-refractivity contribution in [3.8, 4) is 0 Å². The molecule has 5 nitrogen and oxygen atoms in total. The van der Waals surface area contributed by atoms with Crippen LogP contribution in [0.2, 0.25) is 0 Å². The second-order valence-electron chi connectivity index (χ2n) is 4.13. The number of hydrogen-bond donors (Lipinski definition) is 2. The quantitative estimate of drug-likeness (QED) is 0.754. The predicted molar refractivity (Wildman–Crippen MR) is 68.5 cm³/mol. The van der Waals surface area contributed by atoms with E-state index in [1.807, 2.05) is 24.4 Å². The van der Waals surface area contributed by atoms with Gasteiger partial charge in [-0.3, -0.25) is 4.79 Å². The summed E-state index contributed by atoms with van der Waals surface area (Å²) in [4.78, 5) is 11.9. The van der Waals surface area contributed by atoms with Crippen molar-refractivity contribution in [1.29, 1.82) is 0 Å². The standard InChI is InChI=1S/C13H17N3O2/c17-9-5-1-3-7-14-13(18)11-10-15-16-8-4-2-6-12(11)16/h2,4,6,8,10,17H,1,3,5,7,9H2,(H,14,18). The number of aliphatic hydroxyl groups excluding tert-OH is 1. The molecule has 2 aromatic heterocycles. The Hall–Kier alpha value is -1.88. The normalized spacial score (nSPS) is 10.7. The number of unbranched alkanes of at least 4 members (excludes halogenated alkanes) is 2. The fourth-order valence-electron chi connectivity index (χ4n) is 1.82. The number of nitrogens with one attached hydrogen (secondary N) is 1. The molecule has 96 valence electrons. The average Bonchev–Trinajstić information content (AvgIpc) is 2.82. The van der Waals surface area contributed by atoms with Crippen LogP contribution in [0.15, 0.2) is 30.6 Å². The molecule has 0 radical (unpaired) electrons. The summed E-state index contributed by atoms with van der Waals surface area (Å²) < 4.78 is 1.68. The largest absolute Gasteiger partial charge is 0.396 e. The van der Waals surface area contributed by atoms with Crippen LogP contribution in [0.3, 0.4) is 0 Å². The number of nitrogens with zero attached hydrogens (tertiary/aromatic N) is 2. The number of aliphatic hydroxyl groups is 1. The lowest BCUT2D eigenvalue weighted by molar-refractivity contribution is 0.0954. The van der Waals surface area contributed by atoms with Crippen LogP contribution in [0.5, 0.6) is 0 Å². The van der Waals surface area contributed by atoms with Crippen molar-refractivity contribution in [2.45, 2.75) is 19.3 Å². The smallest absolute Gasteiger partial charge is 0.255 e.